The van der Waals surface area contributed by atoms with Crippen LogP contribution < -0.4 is 10.2 Å². The first-order valence-electron chi connectivity index (χ1n) is 8.63. The van der Waals surface area contributed by atoms with Crippen LogP contribution in [0.1, 0.15) is 38.0 Å². The molecule has 0 aromatic carbocycles. The molecule has 1 aliphatic heterocycles. The lowest BCUT2D eigenvalue weighted by molar-refractivity contribution is -0.126. The lowest BCUT2D eigenvalue weighted by Gasteiger charge is -2.23. The van der Waals surface area contributed by atoms with Gasteiger partial charge in [0.15, 0.2) is 0 Å². The molecule has 0 saturated carbocycles. The van der Waals surface area contributed by atoms with Gasteiger partial charge in [0.05, 0.1) is 11.8 Å². The minimum Gasteiger partial charge on any atom is -0.356 e. The predicted molar refractivity (Wildman–Crippen MR) is 95.3 cm³/mol. The second-order valence-corrected chi connectivity index (χ2v) is 7.97. The third kappa shape index (κ3) is 4.82. The molecule has 0 spiro atoms. The zero-order chi connectivity index (χ0) is 18.0. The Labute approximate surface area is 149 Å². The highest BCUT2D eigenvalue weighted by Gasteiger charge is 2.29. The number of fused-ring (bicyclic) bond motifs is 1. The van der Waals surface area contributed by atoms with Crippen molar-refractivity contribution in [2.24, 2.45) is 0 Å². The molecule has 1 atom stereocenters. The average Bonchev–Trinajstić information content (AvgIpc) is 2.75. The van der Waals surface area contributed by atoms with E-state index in [-0.39, 0.29) is 0 Å². The van der Waals surface area contributed by atoms with Gasteiger partial charge in [0.25, 0.3) is 0 Å². The van der Waals surface area contributed by atoms with Crippen molar-refractivity contribution < 1.29 is 13.2 Å². The van der Waals surface area contributed by atoms with E-state index in [4.69, 9.17) is 0 Å². The van der Waals surface area contributed by atoms with E-state index in [0.717, 1.165) is 54.9 Å². The topological polar surface area (TPSA) is 41.0 Å². The van der Waals surface area contributed by atoms with Crippen molar-refractivity contribution >= 4 is 27.4 Å². The van der Waals surface area contributed by atoms with Gasteiger partial charge in [-0.25, -0.2) is 9.97 Å². The van der Waals surface area contributed by atoms with Crippen molar-refractivity contribution in [1.82, 2.24) is 15.3 Å². The van der Waals surface area contributed by atoms with E-state index in [1.165, 1.54) is 6.33 Å². The van der Waals surface area contributed by atoms with Crippen molar-refractivity contribution in [3.05, 3.63) is 17.3 Å². The molecule has 0 amide bonds. The Kier molecular flexibility index (Phi) is 5.48. The molecule has 4 nitrogen and oxygen atoms in total. The minimum absolute atomic E-state index is 0.290. The first-order chi connectivity index (χ1) is 11.8. The Morgan fingerprint density at radius 1 is 1.28 bits per heavy atom. The number of alkyl halides is 3. The lowest BCUT2D eigenvalue weighted by atomic mass is 10.1. The van der Waals surface area contributed by atoms with Crippen LogP contribution in [0.5, 0.6) is 0 Å². The van der Waals surface area contributed by atoms with Gasteiger partial charge in [0.2, 0.25) is 0 Å². The van der Waals surface area contributed by atoms with E-state index in [1.54, 1.807) is 6.07 Å². The number of thiophene rings is 1. The summed E-state index contributed by atoms with van der Waals surface area (Å²) < 4.78 is 38.0. The van der Waals surface area contributed by atoms with Crippen LogP contribution in [-0.4, -0.2) is 41.3 Å². The number of rotatable bonds is 4. The van der Waals surface area contributed by atoms with Gasteiger partial charge in [0.1, 0.15) is 17.0 Å². The predicted octanol–water partition coefficient (Wildman–Crippen LogP) is 4.15. The summed E-state index contributed by atoms with van der Waals surface area (Å²) in [5, 5.41) is 4.32. The first kappa shape index (κ1) is 18.4. The van der Waals surface area contributed by atoms with Crippen LogP contribution in [-0.2, 0) is 6.42 Å². The Bertz CT molecular complexity index is 713. The zero-order valence-corrected chi connectivity index (χ0v) is 15.3. The highest BCUT2D eigenvalue weighted by Crippen LogP contribution is 2.34. The van der Waals surface area contributed by atoms with Gasteiger partial charge >= 0.3 is 6.18 Å². The van der Waals surface area contributed by atoms with E-state index < -0.39 is 12.6 Å². The third-order valence-electron chi connectivity index (χ3n) is 4.33. The molecular weight excluding hydrogens is 349 g/mol. The van der Waals surface area contributed by atoms with Crippen molar-refractivity contribution in [3.8, 4) is 0 Å². The van der Waals surface area contributed by atoms with E-state index in [9.17, 15) is 13.2 Å². The zero-order valence-electron chi connectivity index (χ0n) is 14.4. The summed E-state index contributed by atoms with van der Waals surface area (Å²) in [6, 6.07) is 2.53. The Morgan fingerprint density at radius 3 is 2.80 bits per heavy atom. The molecule has 0 bridgehead atoms. The molecule has 2 aromatic heterocycles. The average molecular weight is 372 g/mol. The fourth-order valence-corrected chi connectivity index (χ4v) is 4.40. The SMILES string of the molecule is CC(C)NC1CCCN(c2ncnc3sc(CC(F)(F)F)cc23)CC1. The monoisotopic (exact) mass is 372 g/mol. The summed E-state index contributed by atoms with van der Waals surface area (Å²) in [6.07, 6.45) is -0.508. The van der Waals surface area contributed by atoms with Crippen molar-refractivity contribution in [2.45, 2.75) is 57.8 Å². The quantitative estimate of drug-likeness (QED) is 0.875. The molecule has 0 aliphatic carbocycles. The second-order valence-electron chi connectivity index (χ2n) is 6.86. The molecule has 8 heteroatoms. The fraction of sp³-hybridized carbons (Fsp3) is 0.647. The fourth-order valence-electron chi connectivity index (χ4n) is 3.38. The molecule has 0 radical (unpaired) electrons. The maximum absolute atomic E-state index is 12.7. The number of aromatic nitrogens is 2. The van der Waals surface area contributed by atoms with Crippen molar-refractivity contribution in [3.63, 3.8) is 0 Å². The molecule has 3 heterocycles. The van der Waals surface area contributed by atoms with E-state index in [2.05, 4.69) is 34.0 Å². The Balaban J connectivity index is 1.81. The van der Waals surface area contributed by atoms with Gasteiger partial charge in [-0.05, 0) is 25.3 Å². The molecule has 1 fully saturated rings. The van der Waals surface area contributed by atoms with Crippen molar-refractivity contribution in [2.75, 3.05) is 18.0 Å². The smallest absolute Gasteiger partial charge is 0.356 e. The largest absolute Gasteiger partial charge is 0.393 e. The number of hydrogen-bond acceptors (Lipinski definition) is 5. The van der Waals surface area contributed by atoms with Crippen LogP contribution in [0.15, 0.2) is 12.4 Å². The molecule has 3 rings (SSSR count). The molecule has 138 valence electrons. The van der Waals surface area contributed by atoms with Crippen LogP contribution in [0.25, 0.3) is 10.2 Å². The molecule has 1 N–H and O–H groups in total. The summed E-state index contributed by atoms with van der Waals surface area (Å²) >= 11 is 1.11. The summed E-state index contributed by atoms with van der Waals surface area (Å²) in [5.41, 5.74) is 0. The number of nitrogens with one attached hydrogen (secondary N) is 1. The standard InChI is InChI=1S/C17H23F3N4S/c1-11(2)23-12-4-3-6-24(7-5-12)15-14-8-13(9-17(18,19)20)25-16(14)22-10-21-15/h8,10-12,23H,3-7,9H2,1-2H3. The number of hydrogen-bond donors (Lipinski definition) is 1. The lowest BCUT2D eigenvalue weighted by Crippen LogP contribution is -2.35. The summed E-state index contributed by atoms with van der Waals surface area (Å²) in [4.78, 5) is 11.7. The van der Waals surface area contributed by atoms with Gasteiger partial charge in [0, 0.05) is 30.1 Å². The van der Waals surface area contributed by atoms with Crippen LogP contribution >= 0.6 is 11.3 Å². The molecule has 25 heavy (non-hydrogen) atoms. The Hall–Kier alpha value is -1.41. The summed E-state index contributed by atoms with van der Waals surface area (Å²) in [5.74, 6) is 0.764. The van der Waals surface area contributed by atoms with Gasteiger partial charge in [-0.2, -0.15) is 13.2 Å². The van der Waals surface area contributed by atoms with E-state index in [0.29, 0.717) is 21.8 Å². The number of nitrogens with zero attached hydrogens (tertiary/aromatic N) is 3. The normalized spacial score (nSPS) is 19.6. The molecule has 2 aromatic rings. The molecule has 1 unspecified atom stereocenters. The van der Waals surface area contributed by atoms with Crippen molar-refractivity contribution in [1.29, 1.82) is 0 Å². The highest BCUT2D eigenvalue weighted by atomic mass is 32.1. The van der Waals surface area contributed by atoms with Gasteiger partial charge in [-0.15, -0.1) is 11.3 Å². The highest BCUT2D eigenvalue weighted by molar-refractivity contribution is 7.18. The van der Waals surface area contributed by atoms with Crippen LogP contribution in [0, 0.1) is 0 Å². The van der Waals surface area contributed by atoms with E-state index in [1.807, 2.05) is 0 Å². The van der Waals surface area contributed by atoms with Crippen LogP contribution in [0.4, 0.5) is 19.0 Å². The minimum atomic E-state index is -4.20. The molecular formula is C17H23F3N4S. The number of halogens is 3. The van der Waals surface area contributed by atoms with Gasteiger partial charge in [-0.3, -0.25) is 0 Å². The van der Waals surface area contributed by atoms with Crippen LogP contribution in [0.3, 0.4) is 0 Å². The third-order valence-corrected chi connectivity index (χ3v) is 5.37. The first-order valence-corrected chi connectivity index (χ1v) is 9.44. The van der Waals surface area contributed by atoms with E-state index >= 15 is 0 Å². The number of anilines is 1. The van der Waals surface area contributed by atoms with Crippen LogP contribution in [0.2, 0.25) is 0 Å². The summed E-state index contributed by atoms with van der Waals surface area (Å²) in [6.45, 7) is 6.00. The van der Waals surface area contributed by atoms with Gasteiger partial charge < -0.3 is 10.2 Å². The summed E-state index contributed by atoms with van der Waals surface area (Å²) in [7, 11) is 0. The maximum atomic E-state index is 12.7. The van der Waals surface area contributed by atoms with Gasteiger partial charge in [-0.1, -0.05) is 13.8 Å². The Morgan fingerprint density at radius 2 is 2.08 bits per heavy atom. The maximum Gasteiger partial charge on any atom is 0.393 e. The second kappa shape index (κ2) is 7.45. The molecule has 1 aliphatic rings. The molecule has 1 saturated heterocycles.